The zero-order valence-electron chi connectivity index (χ0n) is 19.4. The van der Waals surface area contributed by atoms with Crippen LogP contribution in [0.25, 0.3) is 11.1 Å². The average molecular weight is 493 g/mol. The molecule has 7 nitrogen and oxygen atoms in total. The van der Waals surface area contributed by atoms with Gasteiger partial charge in [-0.15, -0.1) is 4.99 Å². The van der Waals surface area contributed by atoms with Gasteiger partial charge in [0.15, 0.2) is 0 Å². The van der Waals surface area contributed by atoms with Crippen molar-refractivity contribution in [2.24, 2.45) is 12.0 Å². The minimum Gasteiger partial charge on any atom is -0.478 e. The summed E-state index contributed by atoms with van der Waals surface area (Å²) in [5.41, 5.74) is -2.15. The van der Waals surface area contributed by atoms with Gasteiger partial charge < -0.3 is 19.0 Å². The Hall–Kier alpha value is -3.89. The van der Waals surface area contributed by atoms with Crippen LogP contribution < -0.4 is 5.62 Å². The average Bonchev–Trinajstić information content (AvgIpc) is 3.04. The standard InChI is InChI=1S/C24H23F4N3O4/c1-23(2,3)35-22(34)29-21-30(4)7-8-31(21)13-14-9-15(11-16(10-14)20(32)33)18-6-5-17(25)12-19(18)24(26,27)28/h5-12H,13H2,1-4H3,(H,32,33)/b29-21-. The number of imidazole rings is 1. The maximum absolute atomic E-state index is 13.6. The second-order valence-electron chi connectivity index (χ2n) is 8.84. The number of rotatable bonds is 4. The SMILES string of the molecule is Cn1ccn(Cc2cc(C(=O)O)cc(-c3ccc(F)cc3C(F)(F)F)c2)/c1=N\C(=O)OC(C)(C)C. The number of aromatic nitrogens is 2. The number of carbonyl (C=O) groups is 2. The molecule has 0 aliphatic heterocycles. The lowest BCUT2D eigenvalue weighted by atomic mass is 9.95. The van der Waals surface area contributed by atoms with Gasteiger partial charge in [0, 0.05) is 19.4 Å². The first-order valence-corrected chi connectivity index (χ1v) is 10.4. The normalized spacial score (nSPS) is 12.6. The molecule has 11 heteroatoms. The molecule has 1 amide bonds. The topological polar surface area (TPSA) is 85.8 Å². The highest BCUT2D eigenvalue weighted by Crippen LogP contribution is 2.38. The van der Waals surface area contributed by atoms with Crippen molar-refractivity contribution in [3.63, 3.8) is 0 Å². The van der Waals surface area contributed by atoms with E-state index in [0.717, 1.165) is 18.2 Å². The van der Waals surface area contributed by atoms with Crippen molar-refractivity contribution in [2.45, 2.75) is 39.1 Å². The van der Waals surface area contributed by atoms with Gasteiger partial charge in [0.1, 0.15) is 11.4 Å². The summed E-state index contributed by atoms with van der Waals surface area (Å²) in [6.07, 6.45) is -2.51. The molecule has 0 bridgehead atoms. The van der Waals surface area contributed by atoms with Crippen molar-refractivity contribution >= 4 is 12.1 Å². The van der Waals surface area contributed by atoms with Crippen molar-refractivity contribution in [3.05, 3.63) is 76.9 Å². The number of ether oxygens (including phenoxy) is 1. The van der Waals surface area contributed by atoms with Crippen molar-refractivity contribution in [1.29, 1.82) is 0 Å². The number of nitrogens with zero attached hydrogens (tertiary/aromatic N) is 3. The van der Waals surface area contributed by atoms with E-state index >= 15 is 0 Å². The fourth-order valence-corrected chi connectivity index (χ4v) is 3.41. The minimum absolute atomic E-state index is 0.0147. The Morgan fingerprint density at radius 2 is 1.74 bits per heavy atom. The summed E-state index contributed by atoms with van der Waals surface area (Å²) >= 11 is 0. The van der Waals surface area contributed by atoms with Gasteiger partial charge in [-0.25, -0.2) is 14.0 Å². The van der Waals surface area contributed by atoms with Gasteiger partial charge in [-0.3, -0.25) is 0 Å². The molecule has 3 rings (SSSR count). The fourth-order valence-electron chi connectivity index (χ4n) is 3.41. The lowest BCUT2D eigenvalue weighted by Gasteiger charge is -2.17. The Bertz CT molecular complexity index is 1350. The number of aryl methyl sites for hydroxylation is 1. The Balaban J connectivity index is 2.11. The van der Waals surface area contributed by atoms with Gasteiger partial charge in [0.2, 0.25) is 5.62 Å². The number of alkyl halides is 3. The number of hydrogen-bond donors (Lipinski definition) is 1. The second kappa shape index (κ2) is 9.40. The fraction of sp³-hybridized carbons (Fsp3) is 0.292. The van der Waals surface area contributed by atoms with Crippen LogP contribution in [-0.2, 0) is 24.5 Å². The smallest absolute Gasteiger partial charge is 0.437 e. The Morgan fingerprint density at radius 1 is 1.06 bits per heavy atom. The van der Waals surface area contributed by atoms with Crippen LogP contribution in [0.2, 0.25) is 0 Å². The molecule has 1 aromatic heterocycles. The van der Waals surface area contributed by atoms with Gasteiger partial charge in [-0.1, -0.05) is 6.07 Å². The first-order valence-electron chi connectivity index (χ1n) is 10.4. The molecule has 0 atom stereocenters. The number of benzene rings is 2. The second-order valence-corrected chi connectivity index (χ2v) is 8.84. The Morgan fingerprint density at radius 3 is 2.34 bits per heavy atom. The van der Waals surface area contributed by atoms with E-state index in [1.54, 1.807) is 40.2 Å². The van der Waals surface area contributed by atoms with E-state index in [-0.39, 0.29) is 28.9 Å². The summed E-state index contributed by atoms with van der Waals surface area (Å²) in [4.78, 5) is 27.8. The van der Waals surface area contributed by atoms with Gasteiger partial charge in [-0.05, 0) is 67.8 Å². The van der Waals surface area contributed by atoms with Crippen LogP contribution in [0.1, 0.15) is 42.3 Å². The molecule has 0 aliphatic carbocycles. The molecule has 186 valence electrons. The molecule has 0 saturated carbocycles. The zero-order valence-corrected chi connectivity index (χ0v) is 19.4. The van der Waals surface area contributed by atoms with Crippen LogP contribution in [0, 0.1) is 5.82 Å². The van der Waals surface area contributed by atoms with Crippen molar-refractivity contribution in [2.75, 3.05) is 0 Å². The van der Waals surface area contributed by atoms with Gasteiger partial charge >= 0.3 is 18.2 Å². The predicted octanol–water partition coefficient (Wildman–Crippen LogP) is 5.23. The highest BCUT2D eigenvalue weighted by molar-refractivity contribution is 5.90. The van der Waals surface area contributed by atoms with Gasteiger partial charge in [-0.2, -0.15) is 13.2 Å². The highest BCUT2D eigenvalue weighted by atomic mass is 19.4. The molecule has 0 saturated heterocycles. The molecule has 2 aromatic carbocycles. The third-order valence-corrected chi connectivity index (χ3v) is 4.82. The van der Waals surface area contributed by atoms with Crippen LogP contribution in [0.4, 0.5) is 22.4 Å². The molecule has 0 radical (unpaired) electrons. The Kier molecular flexibility index (Phi) is 6.91. The van der Waals surface area contributed by atoms with E-state index in [2.05, 4.69) is 4.99 Å². The number of halogens is 4. The molecule has 0 fully saturated rings. The quantitative estimate of drug-likeness (QED) is 0.504. The maximum atomic E-state index is 13.6. The van der Waals surface area contributed by atoms with E-state index in [9.17, 15) is 32.3 Å². The van der Waals surface area contributed by atoms with Crippen LogP contribution in [-0.4, -0.2) is 31.9 Å². The first-order chi connectivity index (χ1) is 16.1. The van der Waals surface area contributed by atoms with Gasteiger partial charge in [0.25, 0.3) is 0 Å². The molecular weight excluding hydrogens is 470 g/mol. The predicted molar refractivity (Wildman–Crippen MR) is 118 cm³/mol. The van der Waals surface area contributed by atoms with E-state index in [1.165, 1.54) is 21.3 Å². The summed E-state index contributed by atoms with van der Waals surface area (Å²) in [6.45, 7) is 5.04. The van der Waals surface area contributed by atoms with E-state index in [1.807, 2.05) is 0 Å². The van der Waals surface area contributed by atoms with Crippen LogP contribution in [0.5, 0.6) is 0 Å². The lowest BCUT2D eigenvalue weighted by Crippen LogP contribution is -2.29. The molecule has 3 aromatic rings. The number of hydrogen-bond acceptors (Lipinski definition) is 3. The summed E-state index contributed by atoms with van der Waals surface area (Å²) in [5, 5.41) is 9.53. The third kappa shape index (κ3) is 6.37. The highest BCUT2D eigenvalue weighted by Gasteiger charge is 2.34. The lowest BCUT2D eigenvalue weighted by molar-refractivity contribution is -0.137. The van der Waals surface area contributed by atoms with E-state index < -0.39 is 35.2 Å². The van der Waals surface area contributed by atoms with Crippen LogP contribution in [0.3, 0.4) is 0 Å². The molecule has 1 N–H and O–H groups in total. The zero-order chi connectivity index (χ0) is 26.1. The summed E-state index contributed by atoms with van der Waals surface area (Å²) in [7, 11) is 1.63. The number of amides is 1. The molecule has 0 spiro atoms. The first kappa shape index (κ1) is 25.7. The number of aromatic carboxylic acids is 1. The number of carbonyl (C=O) groups excluding carboxylic acids is 1. The molecule has 0 aliphatic rings. The maximum Gasteiger partial charge on any atom is 0.437 e. The van der Waals surface area contributed by atoms with Gasteiger partial charge in [0.05, 0.1) is 17.7 Å². The number of carboxylic acid groups (broad SMARTS) is 1. The van der Waals surface area contributed by atoms with Crippen molar-refractivity contribution in [3.8, 4) is 11.1 Å². The van der Waals surface area contributed by atoms with Crippen LogP contribution >= 0.6 is 0 Å². The van der Waals surface area contributed by atoms with Crippen molar-refractivity contribution in [1.82, 2.24) is 9.13 Å². The Labute approximate surface area is 197 Å². The third-order valence-electron chi connectivity index (χ3n) is 4.82. The molecule has 35 heavy (non-hydrogen) atoms. The summed E-state index contributed by atoms with van der Waals surface area (Å²) in [6, 6.07) is 5.98. The summed E-state index contributed by atoms with van der Waals surface area (Å²) < 4.78 is 62.5. The summed E-state index contributed by atoms with van der Waals surface area (Å²) in [5.74, 6) is -2.41. The van der Waals surface area contributed by atoms with Crippen LogP contribution in [0.15, 0.2) is 53.8 Å². The van der Waals surface area contributed by atoms with Crippen molar-refractivity contribution < 1.29 is 37.0 Å². The monoisotopic (exact) mass is 493 g/mol. The largest absolute Gasteiger partial charge is 0.478 e. The molecule has 1 heterocycles. The number of carboxylic acids is 1. The molecular formula is C24H23F4N3O4. The van der Waals surface area contributed by atoms with E-state index in [0.29, 0.717) is 11.6 Å². The van der Waals surface area contributed by atoms with E-state index in [4.69, 9.17) is 4.74 Å². The minimum atomic E-state index is -4.86. The molecule has 0 unspecified atom stereocenters.